The van der Waals surface area contributed by atoms with Gasteiger partial charge in [0.05, 0.1) is 12.0 Å². The van der Waals surface area contributed by atoms with E-state index in [-0.39, 0.29) is 28.7 Å². The van der Waals surface area contributed by atoms with Gasteiger partial charge in [-0.2, -0.15) is 5.10 Å². The number of rotatable bonds is 8. The first-order valence-corrected chi connectivity index (χ1v) is 11.4. The summed E-state index contributed by atoms with van der Waals surface area (Å²) in [5.74, 6) is 0.0386. The lowest BCUT2D eigenvalue weighted by Crippen LogP contribution is -2.19. The van der Waals surface area contributed by atoms with Crippen LogP contribution >= 0.6 is 46.5 Å². The maximum atomic E-state index is 11.9. The van der Waals surface area contributed by atoms with Crippen molar-refractivity contribution in [2.75, 3.05) is 5.75 Å². The largest absolute Gasteiger partial charge is 0.872 e. The van der Waals surface area contributed by atoms with Crippen molar-refractivity contribution in [1.29, 1.82) is 0 Å². The number of thioether (sulfide) groups is 2. The fourth-order valence-corrected chi connectivity index (χ4v) is 5.23. The summed E-state index contributed by atoms with van der Waals surface area (Å²) in [5, 5.41) is 32.4. The van der Waals surface area contributed by atoms with Crippen molar-refractivity contribution in [3.05, 3.63) is 58.6 Å². The molecule has 1 heterocycles. The number of halogens is 1. The third-order valence-electron chi connectivity index (χ3n) is 3.45. The van der Waals surface area contributed by atoms with Crippen molar-refractivity contribution in [2.45, 2.75) is 14.4 Å². The zero-order valence-electron chi connectivity index (χ0n) is 14.8. The zero-order valence-corrected chi connectivity index (χ0v) is 18.0. The summed E-state index contributed by atoms with van der Waals surface area (Å²) in [6.07, 6.45) is 1.24. The number of nitrogens with zero attached hydrogens (tertiary/aromatic N) is 2. The Balaban J connectivity index is 1.43. The molecule has 0 fully saturated rings. The van der Waals surface area contributed by atoms with Crippen molar-refractivity contribution in [3.63, 3.8) is 0 Å². The number of carbonyl (C=O) groups is 1. The lowest BCUT2D eigenvalue weighted by molar-refractivity contribution is -0.492. The average Bonchev–Trinajstić information content (AvgIpc) is 3.15. The first-order valence-electron chi connectivity index (χ1n) is 8.20. The van der Waals surface area contributed by atoms with E-state index in [0.29, 0.717) is 0 Å². The van der Waals surface area contributed by atoms with E-state index in [4.69, 9.17) is 11.6 Å². The van der Waals surface area contributed by atoms with Gasteiger partial charge in [0.2, 0.25) is 4.34 Å². The molecule has 0 aliphatic carbocycles. The molecule has 3 N–H and O–H groups in total. The molecule has 0 unspecified atom stereocenters. The zero-order chi connectivity index (χ0) is 20.6. The molecular weight excluding hydrogens is 452 g/mol. The third-order valence-corrected chi connectivity index (χ3v) is 7.12. The minimum Gasteiger partial charge on any atom is -0.872 e. The molecule has 0 atom stereocenters. The maximum absolute atomic E-state index is 11.9. The molecule has 11 heteroatoms. The fourth-order valence-electron chi connectivity index (χ4n) is 2.06. The number of hydrazone groups is 1. The van der Waals surface area contributed by atoms with Crippen LogP contribution in [0.4, 0.5) is 0 Å². The number of aromatic hydroxyl groups is 1. The standard InChI is InChI=1S/C18H15ClN4O3S3/c19-14-4-2-1-3-12(14)9-27-17-22-23-18(29-17)28-10-16(26)21-20-8-11-5-6-13(24)7-15(11)25/h1-8,24-25H,9-10H2,(H,21,26)/b20-8+. The minimum absolute atomic E-state index is 0.114. The molecule has 1 amide bonds. The van der Waals surface area contributed by atoms with Crippen LogP contribution in [0.1, 0.15) is 11.1 Å². The van der Waals surface area contributed by atoms with Gasteiger partial charge in [-0.25, -0.2) is 5.43 Å². The van der Waals surface area contributed by atoms with Crippen LogP contribution in [0, 0.1) is 0 Å². The third kappa shape index (κ3) is 6.64. The van der Waals surface area contributed by atoms with Crippen LogP contribution in [0.15, 0.2) is 56.2 Å². The van der Waals surface area contributed by atoms with Crippen molar-refractivity contribution in [3.8, 4) is 11.5 Å². The molecule has 1 aromatic heterocycles. The molecule has 2 aromatic carbocycles. The summed E-state index contributed by atoms with van der Waals surface area (Å²) < 4.78 is 1.65. The van der Waals surface area contributed by atoms with Crippen LogP contribution in [0.2, 0.25) is 5.02 Å². The number of hydrogen-bond donors (Lipinski definition) is 2. The number of phenols is 1. The summed E-state index contributed by atoms with van der Waals surface area (Å²) in [5.41, 5.74) is 3.67. The molecule has 0 bridgehead atoms. The molecule has 0 radical (unpaired) electrons. The minimum atomic E-state index is -0.377. The van der Waals surface area contributed by atoms with Crippen LogP contribution in [0.5, 0.6) is 11.5 Å². The van der Waals surface area contributed by atoms with Gasteiger partial charge in [0.25, 0.3) is 5.91 Å². The van der Waals surface area contributed by atoms with Gasteiger partial charge in [-0.3, -0.25) is 4.79 Å². The number of carbonyl (C=O) groups excluding carboxylic acids is 1. The molecule has 7 nitrogen and oxygen atoms in total. The number of aromatic amines is 1. The molecule has 0 saturated heterocycles. The highest BCUT2D eigenvalue weighted by Crippen LogP contribution is 2.30. The molecule has 3 aromatic rings. The monoisotopic (exact) mass is 466 g/mol. The number of nitrogens with one attached hydrogen (secondary N) is 2. The molecular formula is C18H15ClN4O3S3. The van der Waals surface area contributed by atoms with Gasteiger partial charge in [0.15, 0.2) is 0 Å². The molecule has 0 aliphatic heterocycles. The lowest BCUT2D eigenvalue weighted by atomic mass is 10.2. The molecule has 0 spiro atoms. The van der Waals surface area contributed by atoms with Crippen molar-refractivity contribution < 1.29 is 20.1 Å². The van der Waals surface area contributed by atoms with E-state index in [0.717, 1.165) is 31.1 Å². The van der Waals surface area contributed by atoms with E-state index < -0.39 is 0 Å². The molecule has 150 valence electrons. The second-order valence-corrected chi connectivity index (χ2v) is 9.44. The number of aromatic nitrogens is 2. The van der Waals surface area contributed by atoms with Crippen LogP contribution in [0.3, 0.4) is 0 Å². The second-order valence-electron chi connectivity index (χ2n) is 5.56. The Hall–Kier alpha value is -2.27. The van der Waals surface area contributed by atoms with E-state index in [9.17, 15) is 15.0 Å². The van der Waals surface area contributed by atoms with Crippen LogP contribution < -0.4 is 15.6 Å². The first-order chi connectivity index (χ1) is 14.0. The summed E-state index contributed by atoms with van der Waals surface area (Å²) in [6, 6.07) is 11.6. The van der Waals surface area contributed by atoms with Gasteiger partial charge in [-0.15, -0.1) is 0 Å². The normalized spacial score (nSPS) is 11.1. The Morgan fingerprint density at radius 1 is 1.34 bits per heavy atom. The van der Waals surface area contributed by atoms with Crippen molar-refractivity contribution >= 4 is 58.6 Å². The highest BCUT2D eigenvalue weighted by molar-refractivity contribution is 8.03. The number of amides is 1. The van der Waals surface area contributed by atoms with E-state index >= 15 is 0 Å². The van der Waals surface area contributed by atoms with Crippen LogP contribution in [0.25, 0.3) is 0 Å². The van der Waals surface area contributed by atoms with Gasteiger partial charge in [0, 0.05) is 15.9 Å². The average molecular weight is 467 g/mol. The summed E-state index contributed by atoms with van der Waals surface area (Å²) in [7, 11) is 0. The Kier molecular flexibility index (Phi) is 7.76. The molecule has 0 aliphatic rings. The quantitative estimate of drug-likeness (QED) is 0.300. The molecule has 0 saturated carbocycles. The summed E-state index contributed by atoms with van der Waals surface area (Å²) in [4.78, 5) is 11.9. The van der Waals surface area contributed by atoms with Gasteiger partial charge in [-0.05, 0) is 52.4 Å². The molecule has 29 heavy (non-hydrogen) atoms. The van der Waals surface area contributed by atoms with E-state index in [1.54, 1.807) is 11.8 Å². The Morgan fingerprint density at radius 3 is 2.97 bits per heavy atom. The highest BCUT2D eigenvalue weighted by Gasteiger charge is 2.14. The number of hydrogen-bond acceptors (Lipinski definition) is 8. The molecule has 3 rings (SSSR count). The van der Waals surface area contributed by atoms with Crippen LogP contribution in [-0.2, 0) is 10.5 Å². The van der Waals surface area contributed by atoms with Crippen LogP contribution in [-0.4, -0.2) is 28.1 Å². The number of H-pyrrole nitrogens is 1. The first kappa shape index (κ1) is 21.4. The van der Waals surface area contributed by atoms with E-state index in [1.807, 2.05) is 24.3 Å². The highest BCUT2D eigenvalue weighted by atomic mass is 35.5. The summed E-state index contributed by atoms with van der Waals surface area (Å²) in [6.45, 7) is 0. The van der Waals surface area contributed by atoms with E-state index in [1.165, 1.54) is 41.4 Å². The van der Waals surface area contributed by atoms with Gasteiger partial charge < -0.3 is 10.2 Å². The fraction of sp³-hybridized carbons (Fsp3) is 0.111. The summed E-state index contributed by atoms with van der Waals surface area (Å²) >= 11 is 10.5. The van der Waals surface area contributed by atoms with Gasteiger partial charge >= 0.3 is 4.34 Å². The van der Waals surface area contributed by atoms with Gasteiger partial charge in [0.1, 0.15) is 5.75 Å². The van der Waals surface area contributed by atoms with Gasteiger partial charge in [-0.1, -0.05) is 58.5 Å². The Bertz CT molecular complexity index is 1030. The van der Waals surface area contributed by atoms with Crippen molar-refractivity contribution in [1.82, 2.24) is 10.5 Å². The second kappa shape index (κ2) is 10.5. The number of phenolic OH excluding ortho intramolecular Hbond substituents is 1. The smallest absolute Gasteiger partial charge is 0.323 e. The lowest BCUT2D eigenvalue weighted by Gasteiger charge is -2.09. The maximum Gasteiger partial charge on any atom is 0.323 e. The topological polar surface area (TPSA) is 112 Å². The Labute approximate surface area is 184 Å². The number of benzene rings is 2. The van der Waals surface area contributed by atoms with E-state index in [2.05, 4.69) is 20.7 Å². The Morgan fingerprint density at radius 2 is 2.17 bits per heavy atom. The van der Waals surface area contributed by atoms with Crippen molar-refractivity contribution in [2.24, 2.45) is 5.10 Å². The SMILES string of the molecule is O=C(CSc1n[nH+]c(SCc2ccccc2Cl)s1)N/N=C/c1ccc(O)cc1[O-]. The predicted molar refractivity (Wildman–Crippen MR) is 114 cm³/mol. The predicted octanol–water partition coefficient (Wildman–Crippen LogP) is 2.92.